The van der Waals surface area contributed by atoms with Crippen molar-refractivity contribution < 1.29 is 14.1 Å². The van der Waals surface area contributed by atoms with Gasteiger partial charge in [-0.3, -0.25) is 10.1 Å². The lowest BCUT2D eigenvalue weighted by molar-refractivity contribution is -0.385. The number of hydrogen-bond donors (Lipinski definition) is 0. The lowest BCUT2D eigenvalue weighted by atomic mass is 10.1. The van der Waals surface area contributed by atoms with Crippen LogP contribution in [0.25, 0.3) is 0 Å². The van der Waals surface area contributed by atoms with Gasteiger partial charge in [0.2, 0.25) is 0 Å². The van der Waals surface area contributed by atoms with Gasteiger partial charge >= 0.3 is 0 Å². The molecule has 4 nitrogen and oxygen atoms in total. The molecule has 0 bridgehead atoms. The van der Waals surface area contributed by atoms with E-state index in [9.17, 15) is 14.5 Å². The Bertz CT molecular complexity index is 648. The molecule has 2 aromatic rings. The summed E-state index contributed by atoms with van der Waals surface area (Å²) in [7, 11) is 0. The van der Waals surface area contributed by atoms with E-state index in [1.54, 1.807) is 31.2 Å². The molecule has 0 amide bonds. The van der Waals surface area contributed by atoms with Crippen molar-refractivity contribution in [3.8, 4) is 5.75 Å². The molecule has 20 heavy (non-hydrogen) atoms. The number of nitro benzene ring substituents is 1. The van der Waals surface area contributed by atoms with Gasteiger partial charge in [-0.15, -0.1) is 0 Å². The first kappa shape index (κ1) is 14.3. The highest BCUT2D eigenvalue weighted by Crippen LogP contribution is 2.28. The van der Waals surface area contributed by atoms with Crippen LogP contribution < -0.4 is 4.74 Å². The minimum atomic E-state index is -0.770. The summed E-state index contributed by atoms with van der Waals surface area (Å²) in [6.07, 6.45) is -0.426. The van der Waals surface area contributed by atoms with E-state index in [1.807, 2.05) is 0 Å². The highest BCUT2D eigenvalue weighted by molar-refractivity contribution is 6.30. The summed E-state index contributed by atoms with van der Waals surface area (Å²) in [5, 5.41) is 11.1. The molecule has 104 valence electrons. The summed E-state index contributed by atoms with van der Waals surface area (Å²) >= 11 is 5.87. The number of nitro groups is 1. The van der Waals surface area contributed by atoms with Crippen LogP contribution in [0.3, 0.4) is 0 Å². The first-order valence-electron chi connectivity index (χ1n) is 5.83. The molecule has 0 N–H and O–H groups in total. The monoisotopic (exact) mass is 295 g/mol. The van der Waals surface area contributed by atoms with Crippen molar-refractivity contribution >= 4 is 17.3 Å². The summed E-state index contributed by atoms with van der Waals surface area (Å²) in [6, 6.07) is 10.3. The molecule has 0 radical (unpaired) electrons. The van der Waals surface area contributed by atoms with Crippen LogP contribution in [0.1, 0.15) is 18.6 Å². The van der Waals surface area contributed by atoms with Gasteiger partial charge in [-0.2, -0.15) is 0 Å². The predicted octanol–water partition coefficient (Wildman–Crippen LogP) is 4.53. The van der Waals surface area contributed by atoms with E-state index in [4.69, 9.17) is 16.3 Å². The Morgan fingerprint density at radius 1 is 1.30 bits per heavy atom. The third-order valence-corrected chi connectivity index (χ3v) is 2.98. The number of non-ortho nitro benzene ring substituents is 1. The number of benzene rings is 2. The SMILES string of the molecule is CC(Oc1ccc([N+](=O)[O-])cc1F)c1cccc(Cl)c1. The van der Waals surface area contributed by atoms with Gasteiger partial charge < -0.3 is 4.74 Å². The molecule has 0 aliphatic heterocycles. The Morgan fingerprint density at radius 2 is 2.05 bits per heavy atom. The molecule has 0 saturated heterocycles. The maximum absolute atomic E-state index is 13.7. The predicted molar refractivity (Wildman–Crippen MR) is 73.5 cm³/mol. The van der Waals surface area contributed by atoms with Crippen molar-refractivity contribution in [2.24, 2.45) is 0 Å². The second-order valence-electron chi connectivity index (χ2n) is 4.19. The van der Waals surface area contributed by atoms with Crippen LogP contribution in [-0.4, -0.2) is 4.92 Å². The molecule has 0 saturated carbocycles. The number of ether oxygens (including phenoxy) is 1. The average molecular weight is 296 g/mol. The largest absolute Gasteiger partial charge is 0.483 e. The van der Waals surface area contributed by atoms with Gasteiger partial charge in [-0.1, -0.05) is 23.7 Å². The third kappa shape index (κ3) is 3.24. The van der Waals surface area contributed by atoms with Gasteiger partial charge in [-0.25, -0.2) is 4.39 Å². The van der Waals surface area contributed by atoms with Crippen LogP contribution in [0.15, 0.2) is 42.5 Å². The summed E-state index contributed by atoms with van der Waals surface area (Å²) in [6.45, 7) is 1.74. The fourth-order valence-corrected chi connectivity index (χ4v) is 1.92. The fraction of sp³-hybridized carbons (Fsp3) is 0.143. The van der Waals surface area contributed by atoms with Gasteiger partial charge in [0.15, 0.2) is 11.6 Å². The van der Waals surface area contributed by atoms with Crippen molar-refractivity contribution in [1.29, 1.82) is 0 Å². The molecule has 2 rings (SSSR count). The normalized spacial score (nSPS) is 11.9. The van der Waals surface area contributed by atoms with E-state index >= 15 is 0 Å². The molecule has 0 spiro atoms. The summed E-state index contributed by atoms with van der Waals surface area (Å²) in [4.78, 5) is 9.87. The fourth-order valence-electron chi connectivity index (χ4n) is 1.72. The van der Waals surface area contributed by atoms with Crippen LogP contribution in [0, 0.1) is 15.9 Å². The molecule has 0 aliphatic rings. The van der Waals surface area contributed by atoms with Crippen LogP contribution in [0.4, 0.5) is 10.1 Å². The molecule has 6 heteroatoms. The zero-order chi connectivity index (χ0) is 14.7. The van der Waals surface area contributed by atoms with Gasteiger partial charge in [0.05, 0.1) is 11.0 Å². The Hall–Kier alpha value is -2.14. The summed E-state index contributed by atoms with van der Waals surface area (Å²) < 4.78 is 19.2. The van der Waals surface area contributed by atoms with E-state index in [2.05, 4.69) is 0 Å². The maximum atomic E-state index is 13.7. The maximum Gasteiger partial charge on any atom is 0.272 e. The van der Waals surface area contributed by atoms with Crippen molar-refractivity contribution in [2.75, 3.05) is 0 Å². The second kappa shape index (κ2) is 5.88. The zero-order valence-electron chi connectivity index (χ0n) is 10.5. The Morgan fingerprint density at radius 3 is 2.65 bits per heavy atom. The minimum absolute atomic E-state index is 0.0388. The van der Waals surface area contributed by atoms with Crippen LogP contribution >= 0.6 is 11.6 Å². The topological polar surface area (TPSA) is 52.4 Å². The summed E-state index contributed by atoms with van der Waals surface area (Å²) in [5.41, 5.74) is 0.473. The van der Waals surface area contributed by atoms with Gasteiger partial charge in [0.25, 0.3) is 5.69 Å². The zero-order valence-corrected chi connectivity index (χ0v) is 11.3. The summed E-state index contributed by atoms with van der Waals surface area (Å²) in [5.74, 6) is -0.809. The molecular formula is C14H11ClFNO3. The average Bonchev–Trinajstić information content (AvgIpc) is 2.40. The van der Waals surface area contributed by atoms with Crippen molar-refractivity contribution in [2.45, 2.75) is 13.0 Å². The molecular weight excluding hydrogens is 285 g/mol. The standard InChI is InChI=1S/C14H11ClFNO3/c1-9(10-3-2-4-11(15)7-10)20-14-6-5-12(17(18)19)8-13(14)16/h2-9H,1H3. The van der Waals surface area contributed by atoms with Crippen LogP contribution in [0.2, 0.25) is 5.02 Å². The molecule has 0 heterocycles. The van der Waals surface area contributed by atoms with Gasteiger partial charge in [0.1, 0.15) is 6.10 Å². The third-order valence-electron chi connectivity index (χ3n) is 2.75. The van der Waals surface area contributed by atoms with Crippen LogP contribution in [-0.2, 0) is 0 Å². The Labute approximate surface area is 119 Å². The number of rotatable bonds is 4. The lowest BCUT2D eigenvalue weighted by Crippen LogP contribution is -2.04. The van der Waals surface area contributed by atoms with E-state index in [1.165, 1.54) is 12.1 Å². The highest BCUT2D eigenvalue weighted by atomic mass is 35.5. The van der Waals surface area contributed by atoms with Gasteiger partial charge in [-0.05, 0) is 30.7 Å². The Kier molecular flexibility index (Phi) is 4.20. The highest BCUT2D eigenvalue weighted by Gasteiger charge is 2.14. The number of halogens is 2. The molecule has 0 aromatic heterocycles. The quantitative estimate of drug-likeness (QED) is 0.615. The van der Waals surface area contributed by atoms with Crippen molar-refractivity contribution in [3.05, 3.63) is 69.0 Å². The Balaban J connectivity index is 2.19. The van der Waals surface area contributed by atoms with E-state index in [-0.39, 0.29) is 11.4 Å². The van der Waals surface area contributed by atoms with Crippen LogP contribution in [0.5, 0.6) is 5.75 Å². The molecule has 1 unspecified atom stereocenters. The second-order valence-corrected chi connectivity index (χ2v) is 4.62. The molecule has 1 atom stereocenters. The molecule has 0 fully saturated rings. The van der Waals surface area contributed by atoms with Gasteiger partial charge in [0, 0.05) is 11.1 Å². The van der Waals surface area contributed by atoms with E-state index < -0.39 is 16.8 Å². The van der Waals surface area contributed by atoms with E-state index in [0.29, 0.717) is 5.02 Å². The lowest BCUT2D eigenvalue weighted by Gasteiger charge is -2.15. The van der Waals surface area contributed by atoms with E-state index in [0.717, 1.165) is 11.6 Å². The molecule has 2 aromatic carbocycles. The first-order valence-corrected chi connectivity index (χ1v) is 6.21. The first-order chi connectivity index (χ1) is 9.47. The minimum Gasteiger partial charge on any atom is -0.483 e. The van der Waals surface area contributed by atoms with Crippen molar-refractivity contribution in [1.82, 2.24) is 0 Å². The van der Waals surface area contributed by atoms with Crippen molar-refractivity contribution in [3.63, 3.8) is 0 Å². The molecule has 0 aliphatic carbocycles. The smallest absolute Gasteiger partial charge is 0.272 e. The number of nitrogens with zero attached hydrogens (tertiary/aromatic N) is 1. The number of hydrogen-bond acceptors (Lipinski definition) is 3.